The largest absolute Gasteiger partial charge is 0.383 e. The number of amides is 1. The van der Waals surface area contributed by atoms with Gasteiger partial charge in [0.25, 0.3) is 0 Å². The van der Waals surface area contributed by atoms with Gasteiger partial charge in [0.1, 0.15) is 0 Å². The number of rotatable bonds is 6. The van der Waals surface area contributed by atoms with E-state index in [0.717, 1.165) is 16.6 Å². The second-order valence-electron chi connectivity index (χ2n) is 4.13. The molecule has 116 valence electrons. The molecule has 0 saturated heterocycles. The molecule has 0 aliphatic carbocycles. The van der Waals surface area contributed by atoms with Crippen LogP contribution in [-0.4, -0.2) is 37.7 Å². The van der Waals surface area contributed by atoms with Crippen molar-refractivity contribution in [3.05, 3.63) is 36.5 Å². The van der Waals surface area contributed by atoms with E-state index in [-0.39, 0.29) is 37.3 Å². The summed E-state index contributed by atoms with van der Waals surface area (Å²) < 4.78 is 4.89. The fourth-order valence-electron chi connectivity index (χ4n) is 1.73. The lowest BCUT2D eigenvalue weighted by Crippen LogP contribution is -2.30. The van der Waals surface area contributed by atoms with Crippen LogP contribution >= 0.6 is 24.8 Å². The Kier molecular flexibility index (Phi) is 9.65. The zero-order valence-corrected chi connectivity index (χ0v) is 13.3. The summed E-state index contributed by atoms with van der Waals surface area (Å²) in [6, 6.07) is 9.50. The van der Waals surface area contributed by atoms with Gasteiger partial charge in [0, 0.05) is 30.9 Å². The average Bonchev–Trinajstić information content (AvgIpc) is 2.43. The lowest BCUT2D eigenvalue weighted by molar-refractivity contribution is -0.115. The number of anilines is 1. The number of hydrogen-bond donors (Lipinski definition) is 2. The Bertz CT molecular complexity index is 567. The number of benzene rings is 1. The minimum atomic E-state index is -0.0701. The number of carbonyl (C=O) groups excluding carboxylic acids is 1. The van der Waals surface area contributed by atoms with Gasteiger partial charge in [-0.1, -0.05) is 6.07 Å². The van der Waals surface area contributed by atoms with E-state index in [0.29, 0.717) is 13.2 Å². The van der Waals surface area contributed by atoms with Crippen LogP contribution in [0.1, 0.15) is 0 Å². The van der Waals surface area contributed by atoms with Crippen molar-refractivity contribution in [3.63, 3.8) is 0 Å². The summed E-state index contributed by atoms with van der Waals surface area (Å²) in [5.41, 5.74) is 1.69. The molecule has 1 amide bonds. The third-order valence-corrected chi connectivity index (χ3v) is 2.66. The molecule has 0 spiro atoms. The predicted octanol–water partition coefficient (Wildman–Crippen LogP) is 2.25. The molecule has 0 atom stereocenters. The quantitative estimate of drug-likeness (QED) is 0.797. The lowest BCUT2D eigenvalue weighted by atomic mass is 10.2. The summed E-state index contributed by atoms with van der Waals surface area (Å²) in [5.74, 6) is -0.0701. The number of pyridine rings is 1. The van der Waals surface area contributed by atoms with Crippen LogP contribution in [0.3, 0.4) is 0 Å². The molecule has 0 radical (unpaired) electrons. The first kappa shape index (κ1) is 19.6. The number of halogens is 2. The number of hydrogen-bond acceptors (Lipinski definition) is 4. The molecule has 0 fully saturated rings. The Hall–Kier alpha value is -1.40. The number of methoxy groups -OCH3 is 1. The van der Waals surface area contributed by atoms with E-state index in [9.17, 15) is 4.79 Å². The molecule has 1 heterocycles. The molecule has 1 aromatic heterocycles. The molecule has 2 aromatic rings. The average molecular weight is 332 g/mol. The minimum absolute atomic E-state index is 0. The fraction of sp³-hybridized carbons (Fsp3) is 0.286. The first-order valence-electron chi connectivity index (χ1n) is 6.14. The second kappa shape index (κ2) is 10.3. The predicted molar refractivity (Wildman–Crippen MR) is 89.6 cm³/mol. The zero-order chi connectivity index (χ0) is 13.5. The Morgan fingerprint density at radius 1 is 1.29 bits per heavy atom. The number of nitrogens with zero attached hydrogens (tertiary/aromatic N) is 1. The van der Waals surface area contributed by atoms with E-state index in [1.54, 1.807) is 13.3 Å². The molecule has 0 unspecified atom stereocenters. The van der Waals surface area contributed by atoms with Crippen molar-refractivity contribution < 1.29 is 9.53 Å². The first-order valence-corrected chi connectivity index (χ1v) is 6.14. The van der Waals surface area contributed by atoms with E-state index in [4.69, 9.17) is 4.74 Å². The minimum Gasteiger partial charge on any atom is -0.383 e. The summed E-state index contributed by atoms with van der Waals surface area (Å²) >= 11 is 0. The molecule has 7 heteroatoms. The highest BCUT2D eigenvalue weighted by Gasteiger charge is 2.02. The van der Waals surface area contributed by atoms with Crippen LogP contribution in [0.2, 0.25) is 0 Å². The summed E-state index contributed by atoms with van der Waals surface area (Å²) in [7, 11) is 1.63. The molecular formula is C14H19Cl2N3O2. The number of nitrogens with one attached hydrogen (secondary N) is 2. The third-order valence-electron chi connectivity index (χ3n) is 2.66. The molecule has 0 saturated carbocycles. The summed E-state index contributed by atoms with van der Waals surface area (Å²) in [5, 5.41) is 6.84. The molecule has 1 aromatic carbocycles. The molecule has 5 nitrogen and oxygen atoms in total. The van der Waals surface area contributed by atoms with Crippen molar-refractivity contribution in [1.82, 2.24) is 10.3 Å². The van der Waals surface area contributed by atoms with Gasteiger partial charge in [-0.25, -0.2) is 0 Å². The molecule has 0 bridgehead atoms. The van der Waals surface area contributed by atoms with E-state index in [1.165, 1.54) is 0 Å². The lowest BCUT2D eigenvalue weighted by Gasteiger charge is -2.07. The van der Waals surface area contributed by atoms with E-state index >= 15 is 0 Å². The maximum atomic E-state index is 11.7. The topological polar surface area (TPSA) is 63.2 Å². The number of carbonyl (C=O) groups is 1. The summed E-state index contributed by atoms with van der Waals surface area (Å²) in [4.78, 5) is 15.9. The van der Waals surface area contributed by atoms with Crippen LogP contribution in [-0.2, 0) is 9.53 Å². The summed E-state index contributed by atoms with van der Waals surface area (Å²) in [6.07, 6.45) is 1.75. The van der Waals surface area contributed by atoms with Crippen molar-refractivity contribution in [2.75, 3.05) is 32.1 Å². The molecule has 0 aliphatic heterocycles. The SMILES string of the molecule is COCCNCC(=O)Nc1ccc2ncccc2c1.Cl.Cl. The number of fused-ring (bicyclic) bond motifs is 1. The van der Waals surface area contributed by atoms with Crippen LogP contribution in [0.15, 0.2) is 36.5 Å². The van der Waals surface area contributed by atoms with Gasteiger partial charge in [0.15, 0.2) is 0 Å². The van der Waals surface area contributed by atoms with Crippen molar-refractivity contribution in [1.29, 1.82) is 0 Å². The first-order chi connectivity index (χ1) is 9.29. The van der Waals surface area contributed by atoms with Crippen molar-refractivity contribution in [2.45, 2.75) is 0 Å². The number of aromatic nitrogens is 1. The van der Waals surface area contributed by atoms with Gasteiger partial charge < -0.3 is 15.4 Å². The Labute approximate surface area is 136 Å². The van der Waals surface area contributed by atoms with Crippen molar-refractivity contribution in [3.8, 4) is 0 Å². The van der Waals surface area contributed by atoms with E-state index in [2.05, 4.69) is 15.6 Å². The van der Waals surface area contributed by atoms with Crippen LogP contribution < -0.4 is 10.6 Å². The smallest absolute Gasteiger partial charge is 0.238 e. The van der Waals surface area contributed by atoms with Crippen LogP contribution in [0.25, 0.3) is 10.9 Å². The Balaban J connectivity index is 0.00000200. The highest BCUT2D eigenvalue weighted by molar-refractivity contribution is 5.94. The molecular weight excluding hydrogens is 313 g/mol. The third kappa shape index (κ3) is 6.27. The fourth-order valence-corrected chi connectivity index (χ4v) is 1.73. The summed E-state index contributed by atoms with van der Waals surface area (Å²) in [6.45, 7) is 1.52. The standard InChI is InChI=1S/C14H17N3O2.2ClH/c1-19-8-7-15-10-14(18)17-12-4-5-13-11(9-12)3-2-6-16-13;;/h2-6,9,15H,7-8,10H2,1H3,(H,17,18);2*1H. The van der Waals surface area contributed by atoms with Gasteiger partial charge in [0.2, 0.25) is 5.91 Å². The monoisotopic (exact) mass is 331 g/mol. The molecule has 0 aliphatic rings. The van der Waals surface area contributed by atoms with Gasteiger partial charge in [0.05, 0.1) is 18.7 Å². The normalized spacial score (nSPS) is 9.57. The van der Waals surface area contributed by atoms with Crippen LogP contribution in [0.5, 0.6) is 0 Å². The maximum absolute atomic E-state index is 11.7. The van der Waals surface area contributed by atoms with Crippen molar-refractivity contribution in [2.24, 2.45) is 0 Å². The van der Waals surface area contributed by atoms with Crippen molar-refractivity contribution >= 4 is 47.3 Å². The van der Waals surface area contributed by atoms with Gasteiger partial charge >= 0.3 is 0 Å². The zero-order valence-electron chi connectivity index (χ0n) is 11.7. The second-order valence-corrected chi connectivity index (χ2v) is 4.13. The molecule has 21 heavy (non-hydrogen) atoms. The number of ether oxygens (including phenoxy) is 1. The van der Waals surface area contributed by atoms with Gasteiger partial charge in [-0.3, -0.25) is 9.78 Å². The molecule has 2 rings (SSSR count). The molecule has 2 N–H and O–H groups in total. The maximum Gasteiger partial charge on any atom is 0.238 e. The highest BCUT2D eigenvalue weighted by atomic mass is 35.5. The Morgan fingerprint density at radius 2 is 2.10 bits per heavy atom. The van der Waals surface area contributed by atoms with E-state index < -0.39 is 0 Å². The highest BCUT2D eigenvalue weighted by Crippen LogP contribution is 2.16. The van der Waals surface area contributed by atoms with E-state index in [1.807, 2.05) is 30.3 Å². The van der Waals surface area contributed by atoms with Gasteiger partial charge in [-0.2, -0.15) is 0 Å². The Morgan fingerprint density at radius 3 is 2.86 bits per heavy atom. The van der Waals surface area contributed by atoms with Crippen LogP contribution in [0, 0.1) is 0 Å². The van der Waals surface area contributed by atoms with Crippen LogP contribution in [0.4, 0.5) is 5.69 Å². The van der Waals surface area contributed by atoms with Gasteiger partial charge in [-0.05, 0) is 24.3 Å². The van der Waals surface area contributed by atoms with Gasteiger partial charge in [-0.15, -0.1) is 24.8 Å².